The number of hydrogen-bond donors (Lipinski definition) is 1. The molecule has 0 radical (unpaired) electrons. The van der Waals surface area contributed by atoms with E-state index in [1.54, 1.807) is 6.33 Å². The average molecular weight is 316 g/mol. The van der Waals surface area contributed by atoms with Gasteiger partial charge in [0.2, 0.25) is 0 Å². The largest absolute Gasteiger partial charge is 0.394 e. The standard InChI is InChI=1S/C9H10N2O.C8H6N2.Na.H/c1-2-4-8(5-3-1)10-9-6-7-12-11-9;1-2-4-8-7(3-1)5-9-6-10-8;;/h1-5H,6-7H2,(H,10,11);1-6H;;. The molecule has 3 aromatic rings. The predicted molar refractivity (Wildman–Crippen MR) is 94.8 cm³/mol. The second-order valence-corrected chi connectivity index (χ2v) is 4.69. The minimum absolute atomic E-state index is 0. The molecule has 0 aliphatic carbocycles. The van der Waals surface area contributed by atoms with Crippen LogP contribution in [0.2, 0.25) is 0 Å². The third-order valence-electron chi connectivity index (χ3n) is 3.08. The zero-order chi connectivity index (χ0) is 15.0. The van der Waals surface area contributed by atoms with Crippen molar-refractivity contribution in [3.8, 4) is 0 Å². The molecule has 0 amide bonds. The number of para-hydroxylation sites is 2. The monoisotopic (exact) mass is 316 g/mol. The molecule has 0 saturated carbocycles. The van der Waals surface area contributed by atoms with Crippen LogP contribution in [0.25, 0.3) is 10.9 Å². The van der Waals surface area contributed by atoms with E-state index in [1.807, 2.05) is 60.8 Å². The third-order valence-corrected chi connectivity index (χ3v) is 3.08. The van der Waals surface area contributed by atoms with Crippen molar-refractivity contribution < 1.29 is 4.84 Å². The minimum atomic E-state index is 0. The molecule has 0 unspecified atom stereocenters. The van der Waals surface area contributed by atoms with E-state index in [4.69, 9.17) is 4.84 Å². The summed E-state index contributed by atoms with van der Waals surface area (Å²) in [6.45, 7) is 0.690. The smallest absolute Gasteiger partial charge is 0.149 e. The van der Waals surface area contributed by atoms with Gasteiger partial charge in [-0.25, -0.2) is 9.97 Å². The Kier molecular flexibility index (Phi) is 7.00. The number of anilines is 1. The Labute approximate surface area is 157 Å². The first-order chi connectivity index (χ1) is 10.9. The van der Waals surface area contributed by atoms with Crippen LogP contribution in [0.5, 0.6) is 0 Å². The second-order valence-electron chi connectivity index (χ2n) is 4.69. The summed E-state index contributed by atoms with van der Waals surface area (Å²) in [4.78, 5) is 12.8. The minimum Gasteiger partial charge on any atom is -0.394 e. The van der Waals surface area contributed by atoms with Gasteiger partial charge in [-0.1, -0.05) is 41.6 Å². The van der Waals surface area contributed by atoms with Crippen LogP contribution in [0, 0.1) is 0 Å². The molecule has 0 spiro atoms. The fourth-order valence-electron chi connectivity index (χ4n) is 2.01. The second kappa shape index (κ2) is 9.25. The molecular formula is C17H17N4NaO. The number of rotatable bonds is 1. The molecule has 23 heavy (non-hydrogen) atoms. The molecular weight excluding hydrogens is 299 g/mol. The number of oxime groups is 1. The molecule has 112 valence electrons. The number of fused-ring (bicyclic) bond motifs is 1. The van der Waals surface area contributed by atoms with Gasteiger partial charge < -0.3 is 10.2 Å². The Morgan fingerprint density at radius 1 is 0.957 bits per heavy atom. The summed E-state index contributed by atoms with van der Waals surface area (Å²) in [5, 5.41) is 8.09. The van der Waals surface area contributed by atoms with Crippen molar-refractivity contribution in [3.05, 3.63) is 67.1 Å². The van der Waals surface area contributed by atoms with Crippen molar-refractivity contribution in [1.82, 2.24) is 9.97 Å². The zero-order valence-electron chi connectivity index (χ0n) is 12.0. The van der Waals surface area contributed by atoms with E-state index in [0.29, 0.717) is 6.61 Å². The first kappa shape index (κ1) is 17.4. The Balaban J connectivity index is 0.000000162. The van der Waals surface area contributed by atoms with E-state index in [2.05, 4.69) is 20.4 Å². The maximum Gasteiger partial charge on any atom is 0.149 e. The summed E-state index contributed by atoms with van der Waals surface area (Å²) in [7, 11) is 0. The van der Waals surface area contributed by atoms with Crippen LogP contribution in [0.1, 0.15) is 6.42 Å². The van der Waals surface area contributed by atoms with E-state index in [-0.39, 0.29) is 29.6 Å². The molecule has 6 heteroatoms. The van der Waals surface area contributed by atoms with Crippen LogP contribution >= 0.6 is 0 Å². The molecule has 2 aromatic carbocycles. The molecule has 5 nitrogen and oxygen atoms in total. The Hall–Kier alpha value is -1.95. The first-order valence-corrected chi connectivity index (χ1v) is 7.07. The van der Waals surface area contributed by atoms with Gasteiger partial charge in [0, 0.05) is 23.7 Å². The van der Waals surface area contributed by atoms with E-state index in [9.17, 15) is 0 Å². The van der Waals surface area contributed by atoms with Crippen LogP contribution in [-0.2, 0) is 4.84 Å². The number of nitrogens with one attached hydrogen (secondary N) is 1. The summed E-state index contributed by atoms with van der Waals surface area (Å²) in [5.41, 5.74) is 2.05. The number of nitrogens with zero attached hydrogens (tertiary/aromatic N) is 3. The van der Waals surface area contributed by atoms with Crippen molar-refractivity contribution in [2.75, 3.05) is 11.9 Å². The van der Waals surface area contributed by atoms with Crippen LogP contribution in [0.15, 0.2) is 72.3 Å². The van der Waals surface area contributed by atoms with Gasteiger partial charge in [0.1, 0.15) is 18.8 Å². The third kappa shape index (κ3) is 5.32. The van der Waals surface area contributed by atoms with Gasteiger partial charge in [0.15, 0.2) is 0 Å². The quantitative estimate of drug-likeness (QED) is 0.701. The van der Waals surface area contributed by atoms with Gasteiger partial charge in [0.05, 0.1) is 5.52 Å². The Morgan fingerprint density at radius 2 is 1.74 bits per heavy atom. The topological polar surface area (TPSA) is 59.4 Å². The van der Waals surface area contributed by atoms with E-state index in [1.165, 1.54) is 0 Å². The van der Waals surface area contributed by atoms with Gasteiger partial charge in [-0.05, 0) is 18.2 Å². The van der Waals surface area contributed by atoms with Crippen LogP contribution in [0.3, 0.4) is 0 Å². The maximum absolute atomic E-state index is 4.85. The number of amidine groups is 1. The number of hydrogen-bond acceptors (Lipinski definition) is 5. The summed E-state index contributed by atoms with van der Waals surface area (Å²) < 4.78 is 0. The predicted octanol–water partition coefficient (Wildman–Crippen LogP) is 2.81. The first-order valence-electron chi connectivity index (χ1n) is 7.07. The molecule has 0 fully saturated rings. The van der Waals surface area contributed by atoms with Crippen molar-refractivity contribution in [3.63, 3.8) is 0 Å². The van der Waals surface area contributed by atoms with Gasteiger partial charge in [0.25, 0.3) is 0 Å². The van der Waals surface area contributed by atoms with E-state index in [0.717, 1.165) is 28.8 Å². The molecule has 4 rings (SSSR count). The maximum atomic E-state index is 4.85. The number of aromatic nitrogens is 2. The van der Waals surface area contributed by atoms with Crippen molar-refractivity contribution in [1.29, 1.82) is 0 Å². The van der Waals surface area contributed by atoms with Crippen LogP contribution < -0.4 is 5.32 Å². The van der Waals surface area contributed by atoms with Crippen molar-refractivity contribution >= 4 is 52.0 Å². The van der Waals surface area contributed by atoms with Crippen LogP contribution in [0.4, 0.5) is 5.69 Å². The molecule has 1 aliphatic rings. The van der Waals surface area contributed by atoms with E-state index < -0.39 is 0 Å². The average Bonchev–Trinajstić information content (AvgIpc) is 3.10. The SMILES string of the molecule is [NaH].c1ccc(NC2=NOCC2)cc1.c1ccc2ncncc2c1. The molecule has 1 N–H and O–H groups in total. The van der Waals surface area contributed by atoms with Gasteiger partial charge >= 0.3 is 29.6 Å². The molecule has 1 aliphatic heterocycles. The van der Waals surface area contributed by atoms with Crippen molar-refractivity contribution in [2.45, 2.75) is 6.42 Å². The van der Waals surface area contributed by atoms with Crippen molar-refractivity contribution in [2.24, 2.45) is 5.16 Å². The molecule has 2 heterocycles. The molecule has 0 saturated heterocycles. The fourth-order valence-corrected chi connectivity index (χ4v) is 2.01. The molecule has 0 bridgehead atoms. The molecule has 0 atom stereocenters. The van der Waals surface area contributed by atoms with E-state index >= 15 is 0 Å². The summed E-state index contributed by atoms with van der Waals surface area (Å²) in [6, 6.07) is 17.9. The summed E-state index contributed by atoms with van der Waals surface area (Å²) >= 11 is 0. The fraction of sp³-hybridized carbons (Fsp3) is 0.118. The van der Waals surface area contributed by atoms with Gasteiger partial charge in [-0.15, -0.1) is 0 Å². The van der Waals surface area contributed by atoms with Crippen LogP contribution in [-0.4, -0.2) is 52.0 Å². The van der Waals surface area contributed by atoms with Gasteiger partial charge in [-0.2, -0.15) is 0 Å². The Morgan fingerprint density at radius 3 is 2.48 bits per heavy atom. The zero-order valence-corrected chi connectivity index (χ0v) is 12.0. The number of benzene rings is 2. The van der Waals surface area contributed by atoms with Gasteiger partial charge in [-0.3, -0.25) is 0 Å². The molecule has 1 aromatic heterocycles. The summed E-state index contributed by atoms with van der Waals surface area (Å²) in [5.74, 6) is 0.904. The Bertz CT molecular complexity index is 699. The normalized spacial score (nSPS) is 12.3. The summed E-state index contributed by atoms with van der Waals surface area (Å²) in [6.07, 6.45) is 4.24.